The topological polar surface area (TPSA) is 101 Å². The molecule has 0 radical (unpaired) electrons. The van der Waals surface area contributed by atoms with E-state index in [1.165, 1.54) is 12.1 Å². The molecular weight excluding hydrogens is 362 g/mol. The Bertz CT molecular complexity index is 662. The molecule has 0 spiro atoms. The molecule has 142 valence electrons. The number of hydrogen-bond acceptors (Lipinski definition) is 4. The first-order valence-corrected chi connectivity index (χ1v) is 9.95. The van der Waals surface area contributed by atoms with Crippen molar-refractivity contribution in [2.24, 2.45) is 11.7 Å². The lowest BCUT2D eigenvalue weighted by atomic mass is 9.84. The van der Waals surface area contributed by atoms with Crippen LogP contribution in [-0.4, -0.2) is 33.0 Å². The minimum absolute atomic E-state index is 0. The first-order chi connectivity index (χ1) is 11.3. The average Bonchev–Trinajstić information content (AvgIpc) is 2.54. The molecular formula is C17H28ClN3O3S. The van der Waals surface area contributed by atoms with Crippen LogP contribution in [0.15, 0.2) is 29.2 Å². The number of halogens is 1. The minimum Gasteiger partial charge on any atom is -0.349 e. The lowest BCUT2D eigenvalue weighted by Gasteiger charge is -2.31. The third-order valence-corrected chi connectivity index (χ3v) is 6.02. The predicted octanol–water partition coefficient (Wildman–Crippen LogP) is 2.04. The van der Waals surface area contributed by atoms with Crippen LogP contribution in [0, 0.1) is 5.92 Å². The van der Waals surface area contributed by atoms with Gasteiger partial charge in [0.2, 0.25) is 10.0 Å². The van der Waals surface area contributed by atoms with Crippen molar-refractivity contribution in [1.29, 1.82) is 0 Å². The molecule has 2 rings (SSSR count). The van der Waals surface area contributed by atoms with E-state index in [1.54, 1.807) is 26.0 Å². The molecule has 1 aromatic rings. The van der Waals surface area contributed by atoms with Gasteiger partial charge in [0.15, 0.2) is 0 Å². The average molecular weight is 390 g/mol. The van der Waals surface area contributed by atoms with Crippen LogP contribution in [0.1, 0.15) is 49.9 Å². The van der Waals surface area contributed by atoms with Crippen molar-refractivity contribution < 1.29 is 13.2 Å². The van der Waals surface area contributed by atoms with Crippen LogP contribution in [0.4, 0.5) is 0 Å². The van der Waals surface area contributed by atoms with E-state index in [4.69, 9.17) is 5.73 Å². The van der Waals surface area contributed by atoms with E-state index in [0.717, 1.165) is 25.7 Å². The van der Waals surface area contributed by atoms with Gasteiger partial charge in [-0.15, -0.1) is 12.4 Å². The van der Waals surface area contributed by atoms with Gasteiger partial charge in [0, 0.05) is 17.6 Å². The first kappa shape index (κ1) is 21.9. The van der Waals surface area contributed by atoms with E-state index in [-0.39, 0.29) is 35.3 Å². The largest absolute Gasteiger partial charge is 0.349 e. The van der Waals surface area contributed by atoms with Crippen LogP contribution < -0.4 is 15.8 Å². The number of sulfonamides is 1. The number of nitrogens with one attached hydrogen (secondary N) is 2. The van der Waals surface area contributed by atoms with Crippen LogP contribution in [0.25, 0.3) is 0 Å². The molecule has 2 unspecified atom stereocenters. The molecule has 2 atom stereocenters. The molecule has 25 heavy (non-hydrogen) atoms. The fourth-order valence-electron chi connectivity index (χ4n) is 3.10. The van der Waals surface area contributed by atoms with Gasteiger partial charge >= 0.3 is 0 Å². The Kier molecular flexibility index (Phi) is 8.34. The monoisotopic (exact) mass is 389 g/mol. The van der Waals surface area contributed by atoms with Crippen LogP contribution in [-0.2, 0) is 10.0 Å². The zero-order chi connectivity index (χ0) is 17.7. The maximum absolute atomic E-state index is 12.4. The molecule has 0 bridgehead atoms. The van der Waals surface area contributed by atoms with Crippen molar-refractivity contribution >= 4 is 28.3 Å². The van der Waals surface area contributed by atoms with E-state index >= 15 is 0 Å². The molecule has 1 saturated carbocycles. The number of nitrogens with two attached hydrogens (primary N) is 1. The van der Waals surface area contributed by atoms with Crippen LogP contribution in [0.3, 0.4) is 0 Å². The molecule has 0 aliphatic heterocycles. The van der Waals surface area contributed by atoms with Crippen LogP contribution in [0.2, 0.25) is 0 Å². The summed E-state index contributed by atoms with van der Waals surface area (Å²) in [5.41, 5.74) is 6.25. The summed E-state index contributed by atoms with van der Waals surface area (Å²) in [6.07, 6.45) is 4.24. The van der Waals surface area contributed by atoms with Crippen molar-refractivity contribution in [1.82, 2.24) is 10.0 Å². The highest BCUT2D eigenvalue weighted by Gasteiger charge is 2.25. The Labute approximate surface area is 156 Å². The SMILES string of the molecule is CC(C)NS(=O)(=O)c1ccc(C(=O)NC2CCCCC2CN)cc1.Cl. The molecule has 1 fully saturated rings. The summed E-state index contributed by atoms with van der Waals surface area (Å²) in [4.78, 5) is 12.6. The van der Waals surface area contributed by atoms with Crippen molar-refractivity contribution in [2.75, 3.05) is 6.54 Å². The van der Waals surface area contributed by atoms with E-state index < -0.39 is 10.0 Å². The fraction of sp³-hybridized carbons (Fsp3) is 0.588. The Morgan fingerprint density at radius 3 is 2.36 bits per heavy atom. The van der Waals surface area contributed by atoms with Gasteiger partial charge in [-0.25, -0.2) is 13.1 Å². The second-order valence-corrected chi connectivity index (χ2v) is 8.37. The van der Waals surface area contributed by atoms with Gasteiger partial charge < -0.3 is 11.1 Å². The minimum atomic E-state index is -3.54. The fourth-order valence-corrected chi connectivity index (χ4v) is 4.35. The van der Waals surface area contributed by atoms with Crippen molar-refractivity contribution in [3.05, 3.63) is 29.8 Å². The predicted molar refractivity (Wildman–Crippen MR) is 101 cm³/mol. The molecule has 0 saturated heterocycles. The zero-order valence-electron chi connectivity index (χ0n) is 14.7. The summed E-state index contributed by atoms with van der Waals surface area (Å²) in [6, 6.07) is 5.93. The molecule has 1 aliphatic carbocycles. The zero-order valence-corrected chi connectivity index (χ0v) is 16.3. The maximum atomic E-state index is 12.4. The molecule has 4 N–H and O–H groups in total. The molecule has 6 nitrogen and oxygen atoms in total. The van der Waals surface area contributed by atoms with Gasteiger partial charge in [-0.05, 0) is 63.4 Å². The number of carbonyl (C=O) groups is 1. The highest BCUT2D eigenvalue weighted by atomic mass is 35.5. The van der Waals surface area contributed by atoms with E-state index in [9.17, 15) is 13.2 Å². The normalized spacial score (nSPS) is 20.8. The summed E-state index contributed by atoms with van der Waals surface area (Å²) < 4.78 is 26.7. The first-order valence-electron chi connectivity index (χ1n) is 8.47. The molecule has 1 amide bonds. The van der Waals surface area contributed by atoms with Gasteiger partial charge in [0.1, 0.15) is 0 Å². The number of benzene rings is 1. The number of carbonyl (C=O) groups excluding carboxylic acids is 1. The van der Waals surface area contributed by atoms with Gasteiger partial charge in [0.05, 0.1) is 4.90 Å². The van der Waals surface area contributed by atoms with Gasteiger partial charge in [0.25, 0.3) is 5.91 Å². The quantitative estimate of drug-likeness (QED) is 0.692. The third-order valence-electron chi connectivity index (χ3n) is 4.35. The molecule has 8 heteroatoms. The Hall–Kier alpha value is -1.15. The van der Waals surface area contributed by atoms with Crippen LogP contribution in [0.5, 0.6) is 0 Å². The Balaban J connectivity index is 0.00000312. The van der Waals surface area contributed by atoms with Gasteiger partial charge in [-0.3, -0.25) is 4.79 Å². The maximum Gasteiger partial charge on any atom is 0.251 e. The van der Waals surface area contributed by atoms with Crippen LogP contribution >= 0.6 is 12.4 Å². The number of rotatable bonds is 6. The lowest BCUT2D eigenvalue weighted by Crippen LogP contribution is -2.44. The summed E-state index contributed by atoms with van der Waals surface area (Å²) in [7, 11) is -3.54. The summed E-state index contributed by atoms with van der Waals surface area (Å²) in [5.74, 6) is 0.138. The molecule has 0 heterocycles. The number of amides is 1. The summed E-state index contributed by atoms with van der Waals surface area (Å²) >= 11 is 0. The van der Waals surface area contributed by atoms with Crippen molar-refractivity contribution in [2.45, 2.75) is 56.5 Å². The van der Waals surface area contributed by atoms with E-state index in [0.29, 0.717) is 18.0 Å². The smallest absolute Gasteiger partial charge is 0.251 e. The van der Waals surface area contributed by atoms with Gasteiger partial charge in [-0.2, -0.15) is 0 Å². The van der Waals surface area contributed by atoms with Crippen molar-refractivity contribution in [3.8, 4) is 0 Å². The van der Waals surface area contributed by atoms with E-state index in [1.807, 2.05) is 0 Å². The Morgan fingerprint density at radius 2 is 1.80 bits per heavy atom. The van der Waals surface area contributed by atoms with Gasteiger partial charge in [-0.1, -0.05) is 12.8 Å². The number of hydrogen-bond donors (Lipinski definition) is 3. The summed E-state index contributed by atoms with van der Waals surface area (Å²) in [6.45, 7) is 4.10. The highest BCUT2D eigenvalue weighted by molar-refractivity contribution is 7.89. The standard InChI is InChI=1S/C17H27N3O3S.ClH/c1-12(2)20-24(22,23)15-9-7-13(8-10-15)17(21)19-16-6-4-3-5-14(16)11-18;/h7-10,12,14,16,20H,3-6,11,18H2,1-2H3,(H,19,21);1H. The molecule has 1 aliphatic rings. The summed E-state index contributed by atoms with van der Waals surface area (Å²) in [5, 5.41) is 3.04. The molecule has 1 aromatic carbocycles. The second kappa shape index (κ2) is 9.52. The lowest BCUT2D eigenvalue weighted by molar-refractivity contribution is 0.0908. The highest BCUT2D eigenvalue weighted by Crippen LogP contribution is 2.24. The Morgan fingerprint density at radius 1 is 1.20 bits per heavy atom. The molecule has 0 aromatic heterocycles. The van der Waals surface area contributed by atoms with Crippen molar-refractivity contribution in [3.63, 3.8) is 0 Å². The third kappa shape index (κ3) is 5.95. The second-order valence-electron chi connectivity index (χ2n) is 6.66. The van der Waals surface area contributed by atoms with E-state index in [2.05, 4.69) is 10.0 Å².